The number of hydrogen-bond donors (Lipinski definition) is 0. The Morgan fingerprint density at radius 3 is 2.46 bits per heavy atom. The van der Waals surface area contributed by atoms with E-state index in [1.165, 1.54) is 7.11 Å². The van der Waals surface area contributed by atoms with E-state index in [0.717, 1.165) is 21.3 Å². The molecule has 0 aliphatic rings. The van der Waals surface area contributed by atoms with E-state index >= 15 is 0 Å². The van der Waals surface area contributed by atoms with E-state index in [0.29, 0.717) is 16.8 Å². The Labute approximate surface area is 143 Å². The largest absolute Gasteiger partial charge is 0.468 e. The number of esters is 1. The first-order valence-corrected chi connectivity index (χ1v) is 7.76. The third-order valence-corrected chi connectivity index (χ3v) is 3.99. The van der Waals surface area contributed by atoms with Crippen molar-refractivity contribution in [1.82, 2.24) is 9.78 Å². The minimum absolute atomic E-state index is 0.214. The summed E-state index contributed by atoms with van der Waals surface area (Å²) >= 11 is 5.92. The lowest BCUT2D eigenvalue weighted by atomic mass is 10.0. The summed E-state index contributed by atoms with van der Waals surface area (Å²) in [6.45, 7) is -0.214. The van der Waals surface area contributed by atoms with E-state index in [-0.39, 0.29) is 12.1 Å². The molecule has 0 N–H and O–H groups in total. The molecule has 0 aliphatic heterocycles. The highest BCUT2D eigenvalue weighted by Gasteiger charge is 2.13. The third kappa shape index (κ3) is 3.31. The van der Waals surface area contributed by atoms with Gasteiger partial charge in [0.1, 0.15) is 6.54 Å². The van der Waals surface area contributed by atoms with Gasteiger partial charge in [0, 0.05) is 16.8 Å². The molecule has 5 nitrogen and oxygen atoms in total. The third-order valence-electron chi connectivity index (χ3n) is 3.74. The van der Waals surface area contributed by atoms with Crippen molar-refractivity contribution in [3.05, 3.63) is 75.2 Å². The Hall–Kier alpha value is -2.66. The molecule has 3 rings (SSSR count). The standard InChI is InChI=1S/C18H15ClN2O3/c1-24-17(22)11-21-18(23)15-5-3-2-4-14(15)16(20-21)10-12-6-8-13(19)9-7-12/h2-9H,10-11H2,1H3. The van der Waals surface area contributed by atoms with Crippen LogP contribution in [-0.4, -0.2) is 22.9 Å². The van der Waals surface area contributed by atoms with E-state index in [9.17, 15) is 9.59 Å². The summed E-state index contributed by atoms with van der Waals surface area (Å²) in [6.07, 6.45) is 0.527. The van der Waals surface area contributed by atoms with Crippen LogP contribution in [0, 0.1) is 0 Å². The van der Waals surface area contributed by atoms with Gasteiger partial charge in [0.15, 0.2) is 0 Å². The number of hydrogen-bond acceptors (Lipinski definition) is 4. The fraction of sp³-hybridized carbons (Fsp3) is 0.167. The first-order valence-electron chi connectivity index (χ1n) is 7.38. The van der Waals surface area contributed by atoms with Crippen LogP contribution < -0.4 is 5.56 Å². The predicted molar refractivity (Wildman–Crippen MR) is 92.3 cm³/mol. The predicted octanol–water partition coefficient (Wildman–Crippen LogP) is 2.81. The highest BCUT2D eigenvalue weighted by atomic mass is 35.5. The second-order valence-electron chi connectivity index (χ2n) is 5.33. The quantitative estimate of drug-likeness (QED) is 0.684. The molecule has 0 saturated heterocycles. The number of rotatable bonds is 4. The number of nitrogens with zero attached hydrogens (tertiary/aromatic N) is 2. The Morgan fingerprint density at radius 2 is 1.79 bits per heavy atom. The minimum atomic E-state index is -0.516. The molecule has 0 amide bonds. The molecule has 24 heavy (non-hydrogen) atoms. The Balaban J connectivity index is 2.11. The van der Waals surface area contributed by atoms with E-state index in [2.05, 4.69) is 9.84 Å². The number of carbonyl (C=O) groups excluding carboxylic acids is 1. The summed E-state index contributed by atoms with van der Waals surface area (Å²) in [5.74, 6) is -0.516. The second-order valence-corrected chi connectivity index (χ2v) is 5.77. The molecule has 2 aromatic carbocycles. The Morgan fingerprint density at radius 1 is 1.12 bits per heavy atom. The van der Waals surface area contributed by atoms with Gasteiger partial charge in [-0.05, 0) is 23.8 Å². The van der Waals surface area contributed by atoms with Gasteiger partial charge in [-0.2, -0.15) is 5.10 Å². The van der Waals surface area contributed by atoms with Gasteiger partial charge in [0.05, 0.1) is 18.2 Å². The van der Waals surface area contributed by atoms with Gasteiger partial charge in [-0.3, -0.25) is 9.59 Å². The number of ether oxygens (including phenoxy) is 1. The van der Waals surface area contributed by atoms with Crippen molar-refractivity contribution in [2.45, 2.75) is 13.0 Å². The van der Waals surface area contributed by atoms with Gasteiger partial charge in [-0.15, -0.1) is 0 Å². The molecule has 0 spiro atoms. The SMILES string of the molecule is COC(=O)Cn1nc(Cc2ccc(Cl)cc2)c2ccccc2c1=O. The van der Waals surface area contributed by atoms with E-state index in [1.54, 1.807) is 12.1 Å². The fourth-order valence-corrected chi connectivity index (χ4v) is 2.65. The maximum Gasteiger partial charge on any atom is 0.327 e. The fourth-order valence-electron chi connectivity index (χ4n) is 2.53. The minimum Gasteiger partial charge on any atom is -0.468 e. The molecular weight excluding hydrogens is 328 g/mol. The van der Waals surface area contributed by atoms with Crippen molar-refractivity contribution in [2.75, 3.05) is 7.11 Å². The maximum absolute atomic E-state index is 12.5. The van der Waals surface area contributed by atoms with Gasteiger partial charge >= 0.3 is 5.97 Å². The van der Waals surface area contributed by atoms with Crippen LogP contribution in [0.15, 0.2) is 53.3 Å². The van der Waals surface area contributed by atoms with Gasteiger partial charge in [-0.25, -0.2) is 4.68 Å². The van der Waals surface area contributed by atoms with Crippen LogP contribution in [0.4, 0.5) is 0 Å². The molecule has 6 heteroatoms. The highest BCUT2D eigenvalue weighted by molar-refractivity contribution is 6.30. The van der Waals surface area contributed by atoms with Gasteiger partial charge < -0.3 is 4.74 Å². The molecule has 0 radical (unpaired) electrons. The summed E-state index contributed by atoms with van der Waals surface area (Å²) in [5, 5.41) is 6.34. The molecule has 0 saturated carbocycles. The lowest BCUT2D eigenvalue weighted by Gasteiger charge is -2.10. The summed E-state index contributed by atoms with van der Waals surface area (Å²) in [4.78, 5) is 24.0. The number of aromatic nitrogens is 2. The van der Waals surface area contributed by atoms with Crippen molar-refractivity contribution in [2.24, 2.45) is 0 Å². The summed E-state index contributed by atoms with van der Waals surface area (Å²) in [7, 11) is 1.28. The molecule has 0 fully saturated rings. The van der Waals surface area contributed by atoms with Crippen LogP contribution in [0.5, 0.6) is 0 Å². The maximum atomic E-state index is 12.5. The topological polar surface area (TPSA) is 61.2 Å². The zero-order valence-corrected chi connectivity index (χ0v) is 13.8. The van der Waals surface area contributed by atoms with E-state index in [1.807, 2.05) is 36.4 Å². The molecule has 1 heterocycles. The molecule has 0 aliphatic carbocycles. The van der Waals surface area contributed by atoms with Crippen molar-refractivity contribution in [3.63, 3.8) is 0 Å². The van der Waals surface area contributed by atoms with Crippen molar-refractivity contribution >= 4 is 28.3 Å². The molecular formula is C18H15ClN2O3. The summed E-state index contributed by atoms with van der Waals surface area (Å²) < 4.78 is 5.79. The Bertz CT molecular complexity index is 949. The van der Waals surface area contributed by atoms with Crippen molar-refractivity contribution in [3.8, 4) is 0 Å². The molecule has 1 aromatic heterocycles. The van der Waals surface area contributed by atoms with Crippen LogP contribution in [0.3, 0.4) is 0 Å². The monoisotopic (exact) mass is 342 g/mol. The number of fused-ring (bicyclic) bond motifs is 1. The Kier molecular flexibility index (Phi) is 4.62. The lowest BCUT2D eigenvalue weighted by molar-refractivity contribution is -0.141. The van der Waals surface area contributed by atoms with E-state index < -0.39 is 5.97 Å². The number of benzene rings is 2. The second kappa shape index (κ2) is 6.84. The van der Waals surface area contributed by atoms with Crippen molar-refractivity contribution in [1.29, 1.82) is 0 Å². The first kappa shape index (κ1) is 16.2. The molecule has 3 aromatic rings. The number of halogens is 1. The summed E-state index contributed by atoms with van der Waals surface area (Å²) in [6, 6.07) is 14.7. The van der Waals surface area contributed by atoms with Gasteiger partial charge in [0.25, 0.3) is 5.56 Å². The van der Waals surface area contributed by atoms with Crippen LogP contribution in [-0.2, 0) is 22.5 Å². The highest BCUT2D eigenvalue weighted by Crippen LogP contribution is 2.18. The lowest BCUT2D eigenvalue weighted by Crippen LogP contribution is -2.28. The van der Waals surface area contributed by atoms with Crippen LogP contribution in [0.2, 0.25) is 5.02 Å². The molecule has 0 unspecified atom stereocenters. The summed E-state index contributed by atoms with van der Waals surface area (Å²) in [5.41, 5.74) is 1.42. The molecule has 0 atom stereocenters. The van der Waals surface area contributed by atoms with Crippen LogP contribution in [0.1, 0.15) is 11.3 Å². The van der Waals surface area contributed by atoms with Crippen LogP contribution >= 0.6 is 11.6 Å². The van der Waals surface area contributed by atoms with Crippen LogP contribution in [0.25, 0.3) is 10.8 Å². The zero-order valence-electron chi connectivity index (χ0n) is 13.0. The molecule has 122 valence electrons. The van der Waals surface area contributed by atoms with E-state index in [4.69, 9.17) is 11.6 Å². The normalized spacial score (nSPS) is 10.8. The first-order chi connectivity index (χ1) is 11.6. The van der Waals surface area contributed by atoms with Gasteiger partial charge in [0.2, 0.25) is 0 Å². The number of methoxy groups -OCH3 is 1. The van der Waals surface area contributed by atoms with Crippen molar-refractivity contribution < 1.29 is 9.53 Å². The average molecular weight is 343 g/mol. The number of carbonyl (C=O) groups is 1. The average Bonchev–Trinajstić information content (AvgIpc) is 2.60. The smallest absolute Gasteiger partial charge is 0.327 e. The molecule has 0 bridgehead atoms. The van der Waals surface area contributed by atoms with Gasteiger partial charge in [-0.1, -0.05) is 41.9 Å². The zero-order chi connectivity index (χ0) is 17.1.